The predicted molar refractivity (Wildman–Crippen MR) is 94.4 cm³/mol. The zero-order chi connectivity index (χ0) is 17.8. The largest absolute Gasteiger partial charge is 0.434 e. The number of hydrogen-bond acceptors (Lipinski definition) is 6. The summed E-state index contributed by atoms with van der Waals surface area (Å²) in [6.07, 6.45) is 1.23. The van der Waals surface area contributed by atoms with E-state index in [2.05, 4.69) is 15.3 Å². The molecule has 126 valence electrons. The molecule has 3 aromatic rings. The molecule has 0 aliphatic carbocycles. The van der Waals surface area contributed by atoms with E-state index < -0.39 is 4.92 Å². The Labute approximate surface area is 144 Å². The minimum absolute atomic E-state index is 0.0746. The van der Waals surface area contributed by atoms with Crippen molar-refractivity contribution in [1.29, 1.82) is 0 Å². The average Bonchev–Trinajstić information content (AvgIpc) is 2.54. The van der Waals surface area contributed by atoms with Crippen LogP contribution in [0.25, 0.3) is 0 Å². The van der Waals surface area contributed by atoms with Crippen LogP contribution >= 0.6 is 0 Å². The van der Waals surface area contributed by atoms with Crippen LogP contribution in [0.15, 0.2) is 54.9 Å². The van der Waals surface area contributed by atoms with Gasteiger partial charge in [-0.2, -0.15) is 4.98 Å². The van der Waals surface area contributed by atoms with Crippen molar-refractivity contribution < 1.29 is 9.66 Å². The fourth-order valence-electron chi connectivity index (χ4n) is 2.46. The standard InChI is InChI=1S/C18H16N4O3/c1-12-8-13(2)10-15(9-12)25-18-16(22(23)24)17(19-11-20-18)21-14-6-4-3-5-7-14/h3-11H,1-2H3,(H,19,20,21). The van der Waals surface area contributed by atoms with Crippen molar-refractivity contribution in [3.63, 3.8) is 0 Å². The summed E-state index contributed by atoms with van der Waals surface area (Å²) >= 11 is 0. The van der Waals surface area contributed by atoms with Crippen LogP contribution in [0, 0.1) is 24.0 Å². The number of nitrogens with one attached hydrogen (secondary N) is 1. The Hall–Kier alpha value is -3.48. The van der Waals surface area contributed by atoms with Gasteiger partial charge in [-0.15, -0.1) is 0 Å². The molecule has 25 heavy (non-hydrogen) atoms. The van der Waals surface area contributed by atoms with Crippen molar-refractivity contribution in [2.24, 2.45) is 0 Å². The van der Waals surface area contributed by atoms with E-state index in [1.807, 2.05) is 38.1 Å². The van der Waals surface area contributed by atoms with E-state index in [1.165, 1.54) is 6.33 Å². The molecule has 0 radical (unpaired) electrons. The van der Waals surface area contributed by atoms with Crippen LogP contribution in [0.4, 0.5) is 17.2 Å². The molecule has 0 fully saturated rings. The molecule has 0 unspecified atom stereocenters. The summed E-state index contributed by atoms with van der Waals surface area (Å²) in [7, 11) is 0. The van der Waals surface area contributed by atoms with Crippen molar-refractivity contribution in [3.8, 4) is 11.6 Å². The van der Waals surface area contributed by atoms with Gasteiger partial charge in [-0.05, 0) is 49.2 Å². The van der Waals surface area contributed by atoms with Crippen molar-refractivity contribution >= 4 is 17.2 Å². The molecule has 0 aliphatic heterocycles. The number of aryl methyl sites for hydroxylation is 2. The molecule has 0 saturated heterocycles. The number of nitro groups is 1. The third-order valence-electron chi connectivity index (χ3n) is 3.42. The quantitative estimate of drug-likeness (QED) is 0.543. The zero-order valence-corrected chi connectivity index (χ0v) is 13.8. The Kier molecular flexibility index (Phi) is 4.56. The topological polar surface area (TPSA) is 90.2 Å². The van der Waals surface area contributed by atoms with Gasteiger partial charge in [-0.1, -0.05) is 24.3 Å². The van der Waals surface area contributed by atoms with Gasteiger partial charge in [-0.3, -0.25) is 10.1 Å². The second-order valence-corrected chi connectivity index (χ2v) is 5.55. The van der Waals surface area contributed by atoms with Gasteiger partial charge >= 0.3 is 11.6 Å². The molecule has 0 aliphatic rings. The van der Waals surface area contributed by atoms with E-state index in [-0.39, 0.29) is 17.4 Å². The third-order valence-corrected chi connectivity index (χ3v) is 3.42. The molecule has 7 nitrogen and oxygen atoms in total. The first-order chi connectivity index (χ1) is 12.0. The van der Waals surface area contributed by atoms with Crippen LogP contribution in [0.3, 0.4) is 0 Å². The molecule has 1 aromatic heterocycles. The van der Waals surface area contributed by atoms with Crippen molar-refractivity contribution in [2.75, 3.05) is 5.32 Å². The maximum atomic E-state index is 11.6. The Morgan fingerprint density at radius 2 is 1.72 bits per heavy atom. The molecule has 0 bridgehead atoms. The number of anilines is 2. The highest BCUT2D eigenvalue weighted by atomic mass is 16.6. The van der Waals surface area contributed by atoms with Crippen LogP contribution in [-0.2, 0) is 0 Å². The molecule has 1 heterocycles. The van der Waals surface area contributed by atoms with Crippen molar-refractivity contribution in [3.05, 3.63) is 76.1 Å². The number of ether oxygens (including phenoxy) is 1. The van der Waals surface area contributed by atoms with E-state index >= 15 is 0 Å². The summed E-state index contributed by atoms with van der Waals surface area (Å²) in [6.45, 7) is 3.85. The average molecular weight is 336 g/mol. The first-order valence-corrected chi connectivity index (χ1v) is 7.60. The minimum atomic E-state index is -0.552. The number of rotatable bonds is 5. The fourth-order valence-corrected chi connectivity index (χ4v) is 2.46. The molecular weight excluding hydrogens is 320 g/mol. The van der Waals surface area contributed by atoms with Crippen molar-refractivity contribution in [1.82, 2.24) is 9.97 Å². The third kappa shape index (κ3) is 3.89. The number of benzene rings is 2. The first-order valence-electron chi connectivity index (χ1n) is 7.60. The molecule has 0 atom stereocenters. The summed E-state index contributed by atoms with van der Waals surface area (Å²) in [5.74, 6) is 0.457. The van der Waals surface area contributed by atoms with Gasteiger partial charge in [0.25, 0.3) is 0 Å². The van der Waals surface area contributed by atoms with Gasteiger partial charge in [0.05, 0.1) is 4.92 Å². The smallest absolute Gasteiger partial charge is 0.373 e. The number of nitrogens with zero attached hydrogens (tertiary/aromatic N) is 3. The lowest BCUT2D eigenvalue weighted by atomic mass is 10.1. The van der Waals surface area contributed by atoms with Gasteiger partial charge in [-0.25, -0.2) is 4.98 Å². The summed E-state index contributed by atoms with van der Waals surface area (Å²) in [5, 5.41) is 14.5. The Balaban J connectivity index is 1.99. The van der Waals surface area contributed by atoms with Gasteiger partial charge in [0.1, 0.15) is 12.1 Å². The Morgan fingerprint density at radius 3 is 2.36 bits per heavy atom. The van der Waals surface area contributed by atoms with E-state index in [0.29, 0.717) is 11.4 Å². The van der Waals surface area contributed by atoms with Gasteiger partial charge in [0.15, 0.2) is 0 Å². The summed E-state index contributed by atoms with van der Waals surface area (Å²) in [4.78, 5) is 18.9. The van der Waals surface area contributed by atoms with Crippen LogP contribution in [0.1, 0.15) is 11.1 Å². The van der Waals surface area contributed by atoms with Gasteiger partial charge in [0, 0.05) is 5.69 Å². The first kappa shape index (κ1) is 16.4. The lowest BCUT2D eigenvalue weighted by Crippen LogP contribution is -2.03. The number of hydrogen-bond donors (Lipinski definition) is 1. The maximum absolute atomic E-state index is 11.6. The molecule has 7 heteroatoms. The van der Waals surface area contributed by atoms with Gasteiger partial charge in [0.2, 0.25) is 5.82 Å². The van der Waals surface area contributed by atoms with E-state index in [1.54, 1.807) is 24.3 Å². The predicted octanol–water partition coefficient (Wildman–Crippen LogP) is 4.54. The zero-order valence-electron chi connectivity index (χ0n) is 13.8. The van der Waals surface area contributed by atoms with Crippen LogP contribution in [0.2, 0.25) is 0 Å². The van der Waals surface area contributed by atoms with E-state index in [4.69, 9.17) is 4.74 Å². The summed E-state index contributed by atoms with van der Waals surface area (Å²) < 4.78 is 5.68. The monoisotopic (exact) mass is 336 g/mol. The number of para-hydroxylation sites is 1. The minimum Gasteiger partial charge on any atom is -0.434 e. The molecule has 2 aromatic carbocycles. The highest BCUT2D eigenvalue weighted by Crippen LogP contribution is 2.35. The fraction of sp³-hybridized carbons (Fsp3) is 0.111. The molecule has 1 N–H and O–H groups in total. The molecule has 0 saturated carbocycles. The van der Waals surface area contributed by atoms with Gasteiger partial charge < -0.3 is 10.1 Å². The van der Waals surface area contributed by atoms with E-state index in [9.17, 15) is 10.1 Å². The SMILES string of the molecule is Cc1cc(C)cc(Oc2ncnc(Nc3ccccc3)c2[N+](=O)[O-])c1. The lowest BCUT2D eigenvalue weighted by molar-refractivity contribution is -0.385. The van der Waals surface area contributed by atoms with Crippen LogP contribution < -0.4 is 10.1 Å². The number of aromatic nitrogens is 2. The second-order valence-electron chi connectivity index (χ2n) is 5.55. The summed E-state index contributed by atoms with van der Waals surface area (Å²) in [6, 6.07) is 14.7. The highest BCUT2D eigenvalue weighted by molar-refractivity contribution is 5.68. The van der Waals surface area contributed by atoms with Crippen LogP contribution in [-0.4, -0.2) is 14.9 Å². The normalized spacial score (nSPS) is 10.3. The molecule has 3 rings (SSSR count). The molecule has 0 spiro atoms. The molecule has 0 amide bonds. The lowest BCUT2D eigenvalue weighted by Gasteiger charge is -2.10. The second kappa shape index (κ2) is 6.96. The maximum Gasteiger partial charge on any atom is 0.373 e. The van der Waals surface area contributed by atoms with Crippen LogP contribution in [0.5, 0.6) is 11.6 Å². The Morgan fingerprint density at radius 1 is 1.04 bits per heavy atom. The Bertz CT molecular complexity index is 893. The van der Waals surface area contributed by atoms with E-state index in [0.717, 1.165) is 11.1 Å². The summed E-state index contributed by atoms with van der Waals surface area (Å²) in [5.41, 5.74) is 2.36. The van der Waals surface area contributed by atoms with Crippen molar-refractivity contribution in [2.45, 2.75) is 13.8 Å². The highest BCUT2D eigenvalue weighted by Gasteiger charge is 2.25. The molecular formula is C18H16N4O3.